The van der Waals surface area contributed by atoms with Crippen molar-refractivity contribution in [2.24, 2.45) is 7.05 Å². The summed E-state index contributed by atoms with van der Waals surface area (Å²) in [7, 11) is 1.85. The zero-order valence-corrected chi connectivity index (χ0v) is 13.0. The molecule has 0 atom stereocenters. The van der Waals surface area contributed by atoms with Crippen LogP contribution in [0.3, 0.4) is 0 Å². The van der Waals surface area contributed by atoms with Crippen LogP contribution < -0.4 is 4.74 Å². The van der Waals surface area contributed by atoms with Crippen molar-refractivity contribution in [3.05, 3.63) is 46.7 Å². The van der Waals surface area contributed by atoms with Crippen LogP contribution in [0.15, 0.2) is 30.6 Å². The van der Waals surface area contributed by atoms with Gasteiger partial charge in [-0.3, -0.25) is 4.68 Å². The lowest BCUT2D eigenvalue weighted by Crippen LogP contribution is -1.97. The Kier molecular flexibility index (Phi) is 3.70. The van der Waals surface area contributed by atoms with Crippen LogP contribution >= 0.6 is 11.5 Å². The van der Waals surface area contributed by atoms with Crippen molar-refractivity contribution in [2.75, 3.05) is 0 Å². The molecule has 0 spiro atoms. The molecular weight excluding hydrogens is 284 g/mol. The summed E-state index contributed by atoms with van der Waals surface area (Å²) in [6.45, 7) is 4.63. The molecule has 2 heterocycles. The molecule has 3 aromatic rings. The molecule has 0 aliphatic heterocycles. The zero-order valence-electron chi connectivity index (χ0n) is 12.2. The first kappa shape index (κ1) is 13.8. The molecule has 0 radical (unpaired) electrons. The molecule has 0 N–H and O–H groups in total. The van der Waals surface area contributed by atoms with Crippen LogP contribution in [0, 0.1) is 13.8 Å². The van der Waals surface area contributed by atoms with Gasteiger partial charge in [-0.05, 0) is 49.6 Å². The molecule has 0 bridgehead atoms. The van der Waals surface area contributed by atoms with Crippen molar-refractivity contribution in [3.63, 3.8) is 0 Å². The molecule has 6 heteroatoms. The highest BCUT2D eigenvalue weighted by Gasteiger charge is 2.08. The maximum absolute atomic E-state index is 5.83. The Morgan fingerprint density at radius 3 is 2.52 bits per heavy atom. The smallest absolute Gasteiger partial charge is 0.181 e. The van der Waals surface area contributed by atoms with Gasteiger partial charge in [0, 0.05) is 23.1 Å². The van der Waals surface area contributed by atoms with Gasteiger partial charge in [0.25, 0.3) is 0 Å². The van der Waals surface area contributed by atoms with Gasteiger partial charge in [0.15, 0.2) is 5.82 Å². The fraction of sp³-hybridized carbons (Fsp3) is 0.267. The van der Waals surface area contributed by atoms with Crippen molar-refractivity contribution in [2.45, 2.75) is 20.5 Å². The summed E-state index contributed by atoms with van der Waals surface area (Å²) in [6, 6.07) is 7.82. The molecule has 2 aromatic heterocycles. The summed E-state index contributed by atoms with van der Waals surface area (Å²) in [5, 5.41) is 4.28. The summed E-state index contributed by atoms with van der Waals surface area (Å²) in [5.74, 6) is 1.55. The second-order valence-electron chi connectivity index (χ2n) is 4.86. The van der Waals surface area contributed by atoms with E-state index in [9.17, 15) is 0 Å². The molecule has 0 saturated carbocycles. The van der Waals surface area contributed by atoms with Gasteiger partial charge in [-0.25, -0.2) is 4.98 Å². The number of benzene rings is 1. The van der Waals surface area contributed by atoms with Crippen LogP contribution in [-0.4, -0.2) is 19.1 Å². The van der Waals surface area contributed by atoms with E-state index in [4.69, 9.17) is 4.74 Å². The Morgan fingerprint density at radius 1 is 1.19 bits per heavy atom. The van der Waals surface area contributed by atoms with Crippen molar-refractivity contribution >= 4 is 11.5 Å². The molecule has 0 fully saturated rings. The van der Waals surface area contributed by atoms with Crippen molar-refractivity contribution in [1.29, 1.82) is 0 Å². The topological polar surface area (TPSA) is 52.8 Å². The van der Waals surface area contributed by atoms with Gasteiger partial charge in [0.1, 0.15) is 18.7 Å². The average Bonchev–Trinajstić information content (AvgIpc) is 3.05. The summed E-state index contributed by atoms with van der Waals surface area (Å²) in [6.07, 6.45) is 1.69. The number of rotatable bonds is 4. The lowest BCUT2D eigenvalue weighted by Gasteiger charge is -2.07. The number of aryl methyl sites for hydroxylation is 3. The molecule has 108 valence electrons. The van der Waals surface area contributed by atoms with Crippen LogP contribution in [0.5, 0.6) is 5.75 Å². The number of hydrogen-bond acceptors (Lipinski definition) is 5. The van der Waals surface area contributed by atoms with Crippen molar-refractivity contribution < 1.29 is 4.74 Å². The Morgan fingerprint density at radius 2 is 1.95 bits per heavy atom. The summed E-state index contributed by atoms with van der Waals surface area (Å²) in [4.78, 5) is 5.44. The Labute approximate surface area is 127 Å². The predicted octanol–water partition coefficient (Wildman–Crippen LogP) is 3.13. The summed E-state index contributed by atoms with van der Waals surface area (Å²) < 4.78 is 11.8. The van der Waals surface area contributed by atoms with E-state index in [2.05, 4.69) is 21.4 Å². The third-order valence-corrected chi connectivity index (χ3v) is 4.16. The quantitative estimate of drug-likeness (QED) is 0.743. The minimum atomic E-state index is 0.551. The molecule has 0 aliphatic carbocycles. The van der Waals surface area contributed by atoms with Crippen LogP contribution in [0.2, 0.25) is 0 Å². The van der Waals surface area contributed by atoms with Gasteiger partial charge in [0.05, 0.1) is 5.69 Å². The number of hydrogen-bond donors (Lipinski definition) is 0. The fourth-order valence-electron chi connectivity index (χ4n) is 2.04. The van der Waals surface area contributed by atoms with E-state index in [1.54, 1.807) is 11.0 Å². The maximum atomic E-state index is 5.83. The minimum Gasteiger partial charge on any atom is -0.489 e. The molecule has 3 rings (SSSR count). The molecule has 0 amide bonds. The summed E-state index contributed by atoms with van der Waals surface area (Å²) >= 11 is 1.52. The maximum Gasteiger partial charge on any atom is 0.181 e. The SMILES string of the molecule is Cc1nsc(C)c1COc1ccc(-c2ncn(C)n2)cc1. The van der Waals surface area contributed by atoms with Crippen LogP contribution in [0.4, 0.5) is 0 Å². The van der Waals surface area contributed by atoms with Crippen LogP contribution in [0.25, 0.3) is 11.4 Å². The molecule has 0 saturated heterocycles. The standard InChI is InChI=1S/C15H16N4OS/c1-10-14(11(2)21-18-10)8-20-13-6-4-12(5-7-13)15-16-9-19(3)17-15/h4-7,9H,8H2,1-3H3. The zero-order chi connectivity index (χ0) is 14.8. The minimum absolute atomic E-state index is 0.551. The molecule has 21 heavy (non-hydrogen) atoms. The highest BCUT2D eigenvalue weighted by atomic mass is 32.1. The van der Waals surface area contributed by atoms with E-state index in [0.717, 1.165) is 22.8 Å². The fourth-order valence-corrected chi connectivity index (χ4v) is 2.74. The number of ether oxygens (including phenoxy) is 1. The van der Waals surface area contributed by atoms with Gasteiger partial charge in [-0.2, -0.15) is 9.47 Å². The third-order valence-electron chi connectivity index (χ3n) is 3.28. The Hall–Kier alpha value is -2.21. The van der Waals surface area contributed by atoms with Crippen molar-refractivity contribution in [1.82, 2.24) is 19.1 Å². The van der Waals surface area contributed by atoms with E-state index < -0.39 is 0 Å². The molecular formula is C15H16N4OS. The average molecular weight is 300 g/mol. The molecule has 1 aromatic carbocycles. The first-order valence-corrected chi connectivity index (χ1v) is 7.41. The Bertz CT molecular complexity index is 726. The number of nitrogens with zero attached hydrogens (tertiary/aromatic N) is 4. The monoisotopic (exact) mass is 300 g/mol. The van der Waals surface area contributed by atoms with E-state index in [1.807, 2.05) is 38.2 Å². The lowest BCUT2D eigenvalue weighted by atomic mass is 10.2. The first-order valence-electron chi connectivity index (χ1n) is 6.64. The highest BCUT2D eigenvalue weighted by Crippen LogP contribution is 2.22. The summed E-state index contributed by atoms with van der Waals surface area (Å²) in [5.41, 5.74) is 3.20. The lowest BCUT2D eigenvalue weighted by molar-refractivity contribution is 0.305. The highest BCUT2D eigenvalue weighted by molar-refractivity contribution is 7.05. The van der Waals surface area contributed by atoms with Gasteiger partial charge >= 0.3 is 0 Å². The second-order valence-corrected chi connectivity index (χ2v) is 5.84. The van der Waals surface area contributed by atoms with Gasteiger partial charge in [-0.15, -0.1) is 0 Å². The van der Waals surface area contributed by atoms with Crippen molar-refractivity contribution in [3.8, 4) is 17.1 Å². The normalized spacial score (nSPS) is 10.8. The largest absolute Gasteiger partial charge is 0.489 e. The second kappa shape index (κ2) is 5.65. The van der Waals surface area contributed by atoms with Crippen LogP contribution in [-0.2, 0) is 13.7 Å². The van der Waals surface area contributed by atoms with E-state index >= 15 is 0 Å². The van der Waals surface area contributed by atoms with E-state index in [1.165, 1.54) is 22.0 Å². The predicted molar refractivity (Wildman–Crippen MR) is 82.4 cm³/mol. The van der Waals surface area contributed by atoms with Gasteiger partial charge < -0.3 is 4.74 Å². The van der Waals surface area contributed by atoms with Gasteiger partial charge in [0.2, 0.25) is 0 Å². The number of aromatic nitrogens is 4. The Balaban J connectivity index is 1.70. The molecule has 0 aliphatic rings. The van der Waals surface area contributed by atoms with E-state index in [-0.39, 0.29) is 0 Å². The molecule has 0 unspecified atom stereocenters. The first-order chi connectivity index (χ1) is 10.1. The van der Waals surface area contributed by atoms with E-state index in [0.29, 0.717) is 6.61 Å². The van der Waals surface area contributed by atoms with Gasteiger partial charge in [-0.1, -0.05) is 0 Å². The molecule has 5 nitrogen and oxygen atoms in total. The van der Waals surface area contributed by atoms with Crippen LogP contribution in [0.1, 0.15) is 16.1 Å². The third kappa shape index (κ3) is 2.95.